The molecule has 164 valence electrons. The van der Waals surface area contributed by atoms with Crippen LogP contribution in [-0.4, -0.2) is 33.7 Å². The Kier molecular flexibility index (Phi) is 6.48. The SMILES string of the molecule is C=C[C@H]1C[N+]2(Cc3ccc(C#N)cc3)CC[C@H]1C[C@@H]2[C@@H](O)c1ccnc2ccccc12.[Br-]. The van der Waals surface area contributed by atoms with Crippen LogP contribution in [0.1, 0.15) is 35.6 Å². The Morgan fingerprint density at radius 1 is 1.19 bits per heavy atom. The molecule has 5 heteroatoms. The number of piperidine rings is 3. The van der Waals surface area contributed by atoms with Crippen LogP contribution in [0, 0.1) is 23.2 Å². The summed E-state index contributed by atoms with van der Waals surface area (Å²) in [6.07, 6.45) is 5.58. The second kappa shape index (κ2) is 9.15. The fraction of sp³-hybridized carbons (Fsp3) is 0.333. The number of quaternary nitrogens is 1. The highest BCUT2D eigenvalue weighted by molar-refractivity contribution is 5.82. The second-order valence-corrected chi connectivity index (χ2v) is 9.21. The standard InChI is InChI=1S/C27H28N3O.BrH/c1-2-21-18-30(17-20-9-7-19(16-28)8-10-20)14-12-22(21)15-26(30)27(31)24-11-13-29-25-6-4-3-5-23(24)25;/h2-11,13,21-22,26-27,31H,1,12,14-15,17-18H2;1H/q+1;/p-1/t21-,22-,26+,27-,30?;/m0./s1. The average Bonchev–Trinajstić information content (AvgIpc) is 2.83. The molecule has 2 aromatic carbocycles. The van der Waals surface area contributed by atoms with Crippen LogP contribution in [0.25, 0.3) is 10.9 Å². The van der Waals surface area contributed by atoms with Gasteiger partial charge < -0.3 is 26.6 Å². The lowest BCUT2D eigenvalue weighted by Crippen LogP contribution is -3.00. The number of aliphatic hydroxyl groups is 1. The smallest absolute Gasteiger partial charge is 0.131 e. The number of pyridine rings is 1. The topological polar surface area (TPSA) is 56.9 Å². The summed E-state index contributed by atoms with van der Waals surface area (Å²) in [6.45, 7) is 7.07. The van der Waals surface area contributed by atoms with Crippen molar-refractivity contribution in [2.45, 2.75) is 31.5 Å². The fourth-order valence-corrected chi connectivity index (χ4v) is 6.01. The van der Waals surface area contributed by atoms with Crippen LogP contribution in [0.3, 0.4) is 0 Å². The molecule has 1 aromatic heterocycles. The van der Waals surface area contributed by atoms with E-state index in [1.165, 1.54) is 12.0 Å². The highest BCUT2D eigenvalue weighted by atomic mass is 79.9. The molecule has 0 spiro atoms. The zero-order valence-corrected chi connectivity index (χ0v) is 19.7. The van der Waals surface area contributed by atoms with Gasteiger partial charge in [0.15, 0.2) is 0 Å². The number of nitrogens with zero attached hydrogens (tertiary/aromatic N) is 3. The third-order valence-corrected chi connectivity index (χ3v) is 7.62. The van der Waals surface area contributed by atoms with Gasteiger partial charge in [0.2, 0.25) is 0 Å². The predicted octanol–water partition coefficient (Wildman–Crippen LogP) is 1.76. The third kappa shape index (κ3) is 3.88. The summed E-state index contributed by atoms with van der Waals surface area (Å²) in [5.74, 6) is 1.08. The van der Waals surface area contributed by atoms with Gasteiger partial charge in [-0.1, -0.05) is 36.4 Å². The van der Waals surface area contributed by atoms with Gasteiger partial charge in [-0.2, -0.15) is 5.26 Å². The number of aromatic nitrogens is 1. The molecule has 4 nitrogen and oxygen atoms in total. The lowest BCUT2D eigenvalue weighted by atomic mass is 9.71. The first-order chi connectivity index (χ1) is 15.1. The van der Waals surface area contributed by atoms with Crippen LogP contribution in [0.2, 0.25) is 0 Å². The Balaban J connectivity index is 0.00000245. The fourth-order valence-electron chi connectivity index (χ4n) is 6.01. The highest BCUT2D eigenvalue weighted by Crippen LogP contribution is 2.48. The maximum Gasteiger partial charge on any atom is 0.131 e. The van der Waals surface area contributed by atoms with Crippen LogP contribution in [0.4, 0.5) is 0 Å². The molecule has 3 fully saturated rings. The van der Waals surface area contributed by atoms with Crippen molar-refractivity contribution >= 4 is 10.9 Å². The van der Waals surface area contributed by atoms with Crippen molar-refractivity contribution < 1.29 is 26.6 Å². The van der Waals surface area contributed by atoms with Crippen LogP contribution < -0.4 is 17.0 Å². The Morgan fingerprint density at radius 2 is 1.97 bits per heavy atom. The van der Waals surface area contributed by atoms with Gasteiger partial charge in [-0.3, -0.25) is 4.98 Å². The van der Waals surface area contributed by atoms with E-state index >= 15 is 0 Å². The summed E-state index contributed by atoms with van der Waals surface area (Å²) in [7, 11) is 0. The molecule has 1 N–H and O–H groups in total. The summed E-state index contributed by atoms with van der Waals surface area (Å²) in [6, 6.07) is 20.3. The van der Waals surface area contributed by atoms with Crippen LogP contribution in [0.15, 0.2) is 73.4 Å². The molecule has 0 amide bonds. The summed E-state index contributed by atoms with van der Waals surface area (Å²) in [5.41, 5.74) is 3.82. The Labute approximate surface area is 200 Å². The van der Waals surface area contributed by atoms with E-state index in [4.69, 9.17) is 5.26 Å². The Morgan fingerprint density at radius 3 is 2.72 bits per heavy atom. The monoisotopic (exact) mass is 489 g/mol. The number of rotatable bonds is 5. The van der Waals surface area contributed by atoms with Gasteiger partial charge in [0.25, 0.3) is 0 Å². The van der Waals surface area contributed by atoms with E-state index in [-0.39, 0.29) is 23.0 Å². The van der Waals surface area contributed by atoms with Gasteiger partial charge in [0.1, 0.15) is 18.7 Å². The molecule has 0 aliphatic carbocycles. The zero-order valence-electron chi connectivity index (χ0n) is 18.1. The van der Waals surface area contributed by atoms with Crippen molar-refractivity contribution in [1.82, 2.24) is 4.98 Å². The van der Waals surface area contributed by atoms with Crippen LogP contribution in [-0.2, 0) is 6.54 Å². The van der Waals surface area contributed by atoms with Crippen LogP contribution in [0.5, 0.6) is 0 Å². The molecule has 3 aromatic rings. The molecule has 2 bridgehead atoms. The van der Waals surface area contributed by atoms with Crippen molar-refractivity contribution in [3.8, 4) is 6.07 Å². The highest BCUT2D eigenvalue weighted by Gasteiger charge is 2.53. The minimum absolute atomic E-state index is 0. The van der Waals surface area contributed by atoms with E-state index in [2.05, 4.69) is 41.9 Å². The zero-order chi connectivity index (χ0) is 21.4. The predicted molar refractivity (Wildman–Crippen MR) is 122 cm³/mol. The Hall–Kier alpha value is -2.52. The number of fused-ring (bicyclic) bond motifs is 4. The largest absolute Gasteiger partial charge is 1.00 e. The molecule has 3 saturated heterocycles. The van der Waals surface area contributed by atoms with Crippen molar-refractivity contribution in [2.75, 3.05) is 13.1 Å². The molecule has 0 saturated carbocycles. The van der Waals surface area contributed by atoms with Gasteiger partial charge in [0.05, 0.1) is 30.2 Å². The molecule has 32 heavy (non-hydrogen) atoms. The molecular weight excluding hydrogens is 462 g/mol. The third-order valence-electron chi connectivity index (χ3n) is 7.62. The number of halogens is 1. The number of para-hydroxylation sites is 1. The Bertz CT molecular complexity index is 1150. The lowest BCUT2D eigenvalue weighted by molar-refractivity contribution is -0.984. The number of nitriles is 1. The van der Waals surface area contributed by atoms with E-state index < -0.39 is 6.10 Å². The van der Waals surface area contributed by atoms with Crippen molar-refractivity contribution in [3.63, 3.8) is 0 Å². The number of benzene rings is 2. The van der Waals surface area contributed by atoms with E-state index in [1.54, 1.807) is 0 Å². The number of hydrogen-bond acceptors (Lipinski definition) is 3. The molecule has 5 atom stereocenters. The van der Waals surface area contributed by atoms with E-state index in [1.807, 2.05) is 42.6 Å². The molecule has 4 heterocycles. The van der Waals surface area contributed by atoms with Gasteiger partial charge in [0, 0.05) is 35.9 Å². The van der Waals surface area contributed by atoms with Gasteiger partial charge in [-0.25, -0.2) is 0 Å². The number of aliphatic hydroxyl groups excluding tert-OH is 1. The maximum absolute atomic E-state index is 11.7. The van der Waals surface area contributed by atoms with Crippen molar-refractivity contribution in [2.24, 2.45) is 11.8 Å². The first kappa shape index (κ1) is 22.7. The van der Waals surface area contributed by atoms with E-state index in [0.29, 0.717) is 17.4 Å². The minimum Gasteiger partial charge on any atom is -1.00 e. The first-order valence-corrected chi connectivity index (χ1v) is 11.1. The van der Waals surface area contributed by atoms with Gasteiger partial charge in [-0.15, -0.1) is 6.58 Å². The van der Waals surface area contributed by atoms with Gasteiger partial charge >= 0.3 is 0 Å². The quantitative estimate of drug-likeness (QED) is 0.438. The van der Waals surface area contributed by atoms with Crippen LogP contribution >= 0.6 is 0 Å². The van der Waals surface area contributed by atoms with Crippen molar-refractivity contribution in [3.05, 3.63) is 90.1 Å². The summed E-state index contributed by atoms with van der Waals surface area (Å²) in [5, 5.41) is 21.9. The summed E-state index contributed by atoms with van der Waals surface area (Å²) in [4.78, 5) is 4.49. The van der Waals surface area contributed by atoms with E-state index in [0.717, 1.165) is 47.0 Å². The second-order valence-electron chi connectivity index (χ2n) is 9.21. The molecule has 0 radical (unpaired) electrons. The normalized spacial score (nSPS) is 27.3. The van der Waals surface area contributed by atoms with Crippen molar-refractivity contribution in [1.29, 1.82) is 5.26 Å². The molecular formula is C27H28BrN3O. The summed E-state index contributed by atoms with van der Waals surface area (Å²) < 4.78 is 0.872. The first-order valence-electron chi connectivity index (χ1n) is 11.1. The molecule has 3 aliphatic rings. The molecule has 3 aliphatic heterocycles. The number of hydrogen-bond donors (Lipinski definition) is 1. The maximum atomic E-state index is 11.7. The minimum atomic E-state index is -0.542. The average molecular weight is 490 g/mol. The summed E-state index contributed by atoms with van der Waals surface area (Å²) >= 11 is 0. The molecule has 6 rings (SSSR count). The van der Waals surface area contributed by atoms with E-state index in [9.17, 15) is 5.11 Å². The molecule has 1 unspecified atom stereocenters. The van der Waals surface area contributed by atoms with Gasteiger partial charge in [-0.05, 0) is 35.7 Å². The lowest BCUT2D eigenvalue weighted by Gasteiger charge is -2.58.